The Labute approximate surface area is 123 Å². The Morgan fingerprint density at radius 3 is 2.90 bits per heavy atom. The molecule has 2 unspecified atom stereocenters. The molecule has 1 N–H and O–H groups in total. The zero-order valence-corrected chi connectivity index (χ0v) is 11.8. The van der Waals surface area contributed by atoms with Gasteiger partial charge in [0.25, 0.3) is 0 Å². The molecule has 2 aromatic rings. The van der Waals surface area contributed by atoms with Gasteiger partial charge in [-0.25, -0.2) is 0 Å². The molecule has 0 amide bonds. The van der Waals surface area contributed by atoms with Crippen molar-refractivity contribution in [1.29, 1.82) is 0 Å². The van der Waals surface area contributed by atoms with Crippen molar-refractivity contribution in [3.8, 4) is 5.75 Å². The zero-order chi connectivity index (χ0) is 13.9. The van der Waals surface area contributed by atoms with Gasteiger partial charge in [0.1, 0.15) is 12.4 Å². The number of pyridine rings is 1. The highest BCUT2D eigenvalue weighted by Gasteiger charge is 2.30. The third-order valence-electron chi connectivity index (χ3n) is 3.70. The maximum atomic E-state index is 10.3. The second kappa shape index (κ2) is 5.81. The predicted molar refractivity (Wildman–Crippen MR) is 78.3 cm³/mol. The van der Waals surface area contributed by atoms with Gasteiger partial charge in [0.2, 0.25) is 0 Å². The van der Waals surface area contributed by atoms with Crippen molar-refractivity contribution in [2.75, 3.05) is 6.61 Å². The fraction of sp³-hybridized carbons (Fsp3) is 0.312. The number of nitrogens with zero attached hydrogens (tertiary/aromatic N) is 1. The van der Waals surface area contributed by atoms with E-state index < -0.39 is 6.10 Å². The first kappa shape index (κ1) is 13.4. The minimum absolute atomic E-state index is 0.0681. The van der Waals surface area contributed by atoms with Crippen molar-refractivity contribution >= 4 is 11.6 Å². The summed E-state index contributed by atoms with van der Waals surface area (Å²) in [5.41, 5.74) is 2.25. The molecular formula is C16H16ClNO2. The largest absolute Gasteiger partial charge is 0.491 e. The Bertz CT molecular complexity index is 585. The Morgan fingerprint density at radius 2 is 2.10 bits per heavy atom. The Morgan fingerprint density at radius 1 is 1.30 bits per heavy atom. The summed E-state index contributed by atoms with van der Waals surface area (Å²) in [6, 6.07) is 11.2. The number of fused-ring (bicyclic) bond motifs is 1. The van der Waals surface area contributed by atoms with Crippen LogP contribution in [0.2, 0.25) is 5.02 Å². The van der Waals surface area contributed by atoms with Crippen LogP contribution in [-0.4, -0.2) is 22.8 Å². The highest BCUT2D eigenvalue weighted by atomic mass is 35.5. The maximum absolute atomic E-state index is 10.3. The minimum atomic E-state index is -0.540. The lowest BCUT2D eigenvalue weighted by Crippen LogP contribution is -2.24. The zero-order valence-electron chi connectivity index (χ0n) is 11.0. The smallest absolute Gasteiger partial charge is 0.119 e. The summed E-state index contributed by atoms with van der Waals surface area (Å²) in [5, 5.41) is 11.0. The highest BCUT2D eigenvalue weighted by molar-refractivity contribution is 6.30. The number of rotatable bonds is 4. The summed E-state index contributed by atoms with van der Waals surface area (Å²) in [7, 11) is 0. The van der Waals surface area contributed by atoms with Crippen LogP contribution in [0.3, 0.4) is 0 Å². The third-order valence-corrected chi connectivity index (χ3v) is 3.95. The Hall–Kier alpha value is -1.58. The normalized spacial score (nSPS) is 18.6. The number of halogens is 1. The van der Waals surface area contributed by atoms with E-state index in [9.17, 15) is 5.11 Å². The predicted octanol–water partition coefficient (Wildman–Crippen LogP) is 3.20. The molecule has 0 aliphatic heterocycles. The fourth-order valence-corrected chi connectivity index (χ4v) is 2.77. The van der Waals surface area contributed by atoms with Gasteiger partial charge in [-0.1, -0.05) is 17.7 Å². The first-order chi connectivity index (χ1) is 9.74. The number of benzene rings is 1. The van der Waals surface area contributed by atoms with Crippen LogP contribution in [0.1, 0.15) is 23.6 Å². The molecule has 1 aromatic heterocycles. The van der Waals surface area contributed by atoms with Crippen LogP contribution in [0.5, 0.6) is 5.75 Å². The quantitative estimate of drug-likeness (QED) is 0.940. The number of ether oxygens (including phenoxy) is 1. The van der Waals surface area contributed by atoms with Gasteiger partial charge in [-0.05, 0) is 48.7 Å². The van der Waals surface area contributed by atoms with Crippen LogP contribution in [-0.2, 0) is 6.42 Å². The molecule has 3 nitrogen and oxygen atoms in total. The SMILES string of the molecule is OC(COc1ccc(Cl)cc1)C1CCc2cccnc21. The summed E-state index contributed by atoms with van der Waals surface area (Å²) in [5.74, 6) is 0.784. The molecule has 1 aliphatic carbocycles. The van der Waals surface area contributed by atoms with E-state index >= 15 is 0 Å². The number of hydrogen-bond donors (Lipinski definition) is 1. The van der Waals surface area contributed by atoms with Gasteiger partial charge in [0.05, 0.1) is 6.10 Å². The minimum Gasteiger partial charge on any atom is -0.491 e. The van der Waals surface area contributed by atoms with Crippen molar-refractivity contribution in [2.45, 2.75) is 24.9 Å². The fourth-order valence-electron chi connectivity index (χ4n) is 2.65. The number of aliphatic hydroxyl groups excluding tert-OH is 1. The van der Waals surface area contributed by atoms with Crippen molar-refractivity contribution in [3.63, 3.8) is 0 Å². The second-order valence-electron chi connectivity index (χ2n) is 5.03. The average molecular weight is 290 g/mol. The average Bonchev–Trinajstić information content (AvgIpc) is 2.90. The van der Waals surface area contributed by atoms with Crippen LogP contribution in [0, 0.1) is 0 Å². The number of aromatic nitrogens is 1. The summed E-state index contributed by atoms with van der Waals surface area (Å²) in [6.45, 7) is 0.266. The topological polar surface area (TPSA) is 42.4 Å². The highest BCUT2D eigenvalue weighted by Crippen LogP contribution is 2.33. The van der Waals surface area contributed by atoms with Crippen molar-refractivity contribution < 1.29 is 9.84 Å². The molecule has 3 rings (SSSR count). The van der Waals surface area contributed by atoms with Crippen molar-refractivity contribution in [2.24, 2.45) is 0 Å². The summed E-state index contributed by atoms with van der Waals surface area (Å²) >= 11 is 5.82. The van der Waals surface area contributed by atoms with E-state index in [1.165, 1.54) is 5.56 Å². The standard InChI is InChI=1S/C16H16ClNO2/c17-12-4-6-13(7-5-12)20-10-15(19)14-8-3-11-2-1-9-18-16(11)14/h1-2,4-7,9,14-15,19H,3,8,10H2. The molecule has 0 radical (unpaired) electrons. The molecule has 1 aliphatic rings. The van der Waals surface area contributed by atoms with E-state index in [1.54, 1.807) is 30.5 Å². The summed E-state index contributed by atoms with van der Waals surface area (Å²) < 4.78 is 5.61. The van der Waals surface area contributed by atoms with E-state index in [0.29, 0.717) is 10.8 Å². The first-order valence-corrected chi connectivity index (χ1v) is 7.12. The summed E-state index contributed by atoms with van der Waals surface area (Å²) in [4.78, 5) is 4.40. The maximum Gasteiger partial charge on any atom is 0.119 e. The molecule has 0 saturated carbocycles. The van der Waals surface area contributed by atoms with E-state index in [0.717, 1.165) is 18.5 Å². The van der Waals surface area contributed by atoms with E-state index in [2.05, 4.69) is 11.1 Å². The van der Waals surface area contributed by atoms with Crippen molar-refractivity contribution in [1.82, 2.24) is 4.98 Å². The lowest BCUT2D eigenvalue weighted by Gasteiger charge is -2.18. The molecule has 2 atom stereocenters. The molecule has 0 fully saturated rings. The van der Waals surface area contributed by atoms with E-state index in [1.807, 2.05) is 6.07 Å². The van der Waals surface area contributed by atoms with Gasteiger partial charge < -0.3 is 9.84 Å². The molecule has 0 bridgehead atoms. The molecular weight excluding hydrogens is 274 g/mol. The molecule has 4 heteroatoms. The molecule has 1 aromatic carbocycles. The molecule has 104 valence electrons. The number of aliphatic hydroxyl groups is 1. The summed E-state index contributed by atoms with van der Waals surface area (Å²) in [6.07, 6.45) is 3.15. The second-order valence-corrected chi connectivity index (χ2v) is 5.46. The molecule has 0 saturated heterocycles. The number of hydrogen-bond acceptors (Lipinski definition) is 3. The van der Waals surface area contributed by atoms with Gasteiger partial charge in [-0.2, -0.15) is 0 Å². The van der Waals surface area contributed by atoms with Crippen LogP contribution in [0.4, 0.5) is 0 Å². The Balaban J connectivity index is 1.63. The van der Waals surface area contributed by atoms with Gasteiger partial charge >= 0.3 is 0 Å². The monoisotopic (exact) mass is 289 g/mol. The number of aryl methyl sites for hydroxylation is 1. The Kier molecular flexibility index (Phi) is 3.90. The van der Waals surface area contributed by atoms with Crippen LogP contribution in [0.15, 0.2) is 42.6 Å². The van der Waals surface area contributed by atoms with E-state index in [-0.39, 0.29) is 12.5 Å². The third kappa shape index (κ3) is 2.79. The van der Waals surface area contributed by atoms with Crippen LogP contribution < -0.4 is 4.74 Å². The van der Waals surface area contributed by atoms with Crippen molar-refractivity contribution in [3.05, 3.63) is 58.9 Å². The molecule has 20 heavy (non-hydrogen) atoms. The van der Waals surface area contributed by atoms with Gasteiger partial charge in [0, 0.05) is 22.8 Å². The van der Waals surface area contributed by atoms with Crippen LogP contribution in [0.25, 0.3) is 0 Å². The van der Waals surface area contributed by atoms with Gasteiger partial charge in [-0.3, -0.25) is 4.98 Å². The first-order valence-electron chi connectivity index (χ1n) is 6.74. The van der Waals surface area contributed by atoms with Gasteiger partial charge in [0.15, 0.2) is 0 Å². The van der Waals surface area contributed by atoms with E-state index in [4.69, 9.17) is 16.3 Å². The lowest BCUT2D eigenvalue weighted by molar-refractivity contribution is 0.0828. The lowest BCUT2D eigenvalue weighted by atomic mass is 10.0. The van der Waals surface area contributed by atoms with Gasteiger partial charge in [-0.15, -0.1) is 0 Å². The molecule has 0 spiro atoms. The molecule has 1 heterocycles. The van der Waals surface area contributed by atoms with Crippen LogP contribution >= 0.6 is 11.6 Å².